The van der Waals surface area contributed by atoms with Crippen LogP contribution in [0.3, 0.4) is 0 Å². The molecule has 5 heteroatoms. The van der Waals surface area contributed by atoms with E-state index in [1.807, 2.05) is 62.6 Å². The zero-order valence-corrected chi connectivity index (χ0v) is 17.1. The maximum absolute atomic E-state index is 12.9. The number of rotatable bonds is 5. The van der Waals surface area contributed by atoms with Gasteiger partial charge in [0.05, 0.1) is 17.0 Å². The van der Waals surface area contributed by atoms with Crippen molar-refractivity contribution in [1.82, 2.24) is 4.90 Å². The standard InChI is InChI=1S/C24H22ClN3O/c1-28(2)15-16-7-6-10-19(13-16)26-23(17-8-4-3-5-9-17)22-20-12-11-18(25)14-21(20)27-24(22)29/h3-14,26H,15H2,1-2H3,(H,27,29)/b23-22-. The van der Waals surface area contributed by atoms with Crippen LogP contribution < -0.4 is 10.6 Å². The molecule has 4 nitrogen and oxygen atoms in total. The summed E-state index contributed by atoms with van der Waals surface area (Å²) >= 11 is 6.12. The molecule has 1 amide bonds. The van der Waals surface area contributed by atoms with Gasteiger partial charge in [-0.05, 0) is 49.5 Å². The van der Waals surface area contributed by atoms with Gasteiger partial charge < -0.3 is 15.5 Å². The first-order valence-corrected chi connectivity index (χ1v) is 9.81. The van der Waals surface area contributed by atoms with Crippen molar-refractivity contribution >= 4 is 40.2 Å². The smallest absolute Gasteiger partial charge is 0.258 e. The average Bonchev–Trinajstić information content (AvgIpc) is 3.01. The highest BCUT2D eigenvalue weighted by Crippen LogP contribution is 2.38. The number of amides is 1. The highest BCUT2D eigenvalue weighted by molar-refractivity contribution is 6.38. The zero-order chi connectivity index (χ0) is 20.4. The molecule has 0 radical (unpaired) electrons. The van der Waals surface area contributed by atoms with E-state index in [1.54, 1.807) is 12.1 Å². The third-order valence-electron chi connectivity index (χ3n) is 4.73. The normalized spacial score (nSPS) is 14.6. The van der Waals surface area contributed by atoms with Crippen molar-refractivity contribution in [2.24, 2.45) is 0 Å². The molecule has 146 valence electrons. The SMILES string of the molecule is CN(C)Cc1cccc(N/C(=C2\C(=O)Nc3cc(Cl)ccc32)c2ccccc2)c1. The van der Waals surface area contributed by atoms with E-state index >= 15 is 0 Å². The fraction of sp³-hybridized carbons (Fsp3) is 0.125. The van der Waals surface area contributed by atoms with E-state index in [-0.39, 0.29) is 5.91 Å². The highest BCUT2D eigenvalue weighted by Gasteiger charge is 2.28. The molecule has 0 aromatic heterocycles. The van der Waals surface area contributed by atoms with Crippen molar-refractivity contribution < 1.29 is 4.79 Å². The quantitative estimate of drug-likeness (QED) is 0.565. The Morgan fingerprint density at radius 2 is 1.79 bits per heavy atom. The molecule has 0 spiro atoms. The second kappa shape index (κ2) is 8.11. The van der Waals surface area contributed by atoms with Crippen LogP contribution >= 0.6 is 11.6 Å². The molecule has 0 bridgehead atoms. The van der Waals surface area contributed by atoms with Gasteiger partial charge in [0.25, 0.3) is 5.91 Å². The topological polar surface area (TPSA) is 44.4 Å². The average molecular weight is 404 g/mol. The summed E-state index contributed by atoms with van der Waals surface area (Å²) in [5, 5.41) is 7.03. The lowest BCUT2D eigenvalue weighted by atomic mass is 10.00. The molecule has 0 saturated carbocycles. The Kier molecular flexibility index (Phi) is 5.38. The Morgan fingerprint density at radius 3 is 2.55 bits per heavy atom. The predicted molar refractivity (Wildman–Crippen MR) is 121 cm³/mol. The van der Waals surface area contributed by atoms with Crippen LogP contribution in [0.25, 0.3) is 11.3 Å². The van der Waals surface area contributed by atoms with Gasteiger partial charge in [-0.1, -0.05) is 60.1 Å². The summed E-state index contributed by atoms with van der Waals surface area (Å²) in [7, 11) is 4.09. The van der Waals surface area contributed by atoms with Crippen LogP contribution in [0.4, 0.5) is 11.4 Å². The Labute approximate surface area is 175 Å². The summed E-state index contributed by atoms with van der Waals surface area (Å²) in [6.07, 6.45) is 0. The van der Waals surface area contributed by atoms with E-state index in [1.165, 1.54) is 5.56 Å². The van der Waals surface area contributed by atoms with Crippen LogP contribution in [-0.4, -0.2) is 24.9 Å². The predicted octanol–water partition coefficient (Wildman–Crippen LogP) is 5.33. The number of hydrogen-bond donors (Lipinski definition) is 2. The van der Waals surface area contributed by atoms with Crippen molar-refractivity contribution in [3.8, 4) is 0 Å². The summed E-state index contributed by atoms with van der Waals surface area (Å²) in [6.45, 7) is 0.842. The lowest BCUT2D eigenvalue weighted by Gasteiger charge is -2.16. The Hall–Kier alpha value is -3.08. The first-order chi connectivity index (χ1) is 14.0. The summed E-state index contributed by atoms with van der Waals surface area (Å²) in [6, 6.07) is 23.6. The van der Waals surface area contributed by atoms with Crippen LogP contribution in [0.15, 0.2) is 72.8 Å². The third kappa shape index (κ3) is 4.19. The van der Waals surface area contributed by atoms with Gasteiger partial charge >= 0.3 is 0 Å². The van der Waals surface area contributed by atoms with Crippen molar-refractivity contribution in [2.75, 3.05) is 24.7 Å². The van der Waals surface area contributed by atoms with Gasteiger partial charge in [0.1, 0.15) is 0 Å². The largest absolute Gasteiger partial charge is 0.354 e. The van der Waals surface area contributed by atoms with E-state index in [4.69, 9.17) is 11.6 Å². The third-order valence-corrected chi connectivity index (χ3v) is 4.97. The lowest BCUT2D eigenvalue weighted by Crippen LogP contribution is -2.12. The molecule has 3 aromatic carbocycles. The fourth-order valence-electron chi connectivity index (χ4n) is 3.53. The number of hydrogen-bond acceptors (Lipinski definition) is 3. The maximum atomic E-state index is 12.9. The summed E-state index contributed by atoms with van der Waals surface area (Å²) in [5.74, 6) is -0.141. The maximum Gasteiger partial charge on any atom is 0.258 e. The van der Waals surface area contributed by atoms with Crippen molar-refractivity contribution in [3.63, 3.8) is 0 Å². The molecule has 0 fully saturated rings. The molecular weight excluding hydrogens is 382 g/mol. The van der Waals surface area contributed by atoms with E-state index in [0.29, 0.717) is 10.6 Å². The van der Waals surface area contributed by atoms with Crippen LogP contribution in [0.1, 0.15) is 16.7 Å². The highest BCUT2D eigenvalue weighted by atomic mass is 35.5. The van der Waals surface area contributed by atoms with Gasteiger partial charge in [-0.15, -0.1) is 0 Å². The van der Waals surface area contributed by atoms with Gasteiger partial charge in [-0.2, -0.15) is 0 Å². The van der Waals surface area contributed by atoms with Gasteiger partial charge in [0, 0.05) is 22.8 Å². The second-order valence-electron chi connectivity index (χ2n) is 7.32. The first kappa shape index (κ1) is 19.2. The molecule has 3 aromatic rings. The first-order valence-electron chi connectivity index (χ1n) is 9.43. The molecule has 1 aliphatic heterocycles. The number of benzene rings is 3. The number of nitrogens with zero attached hydrogens (tertiary/aromatic N) is 1. The number of fused-ring (bicyclic) bond motifs is 1. The van der Waals surface area contributed by atoms with Crippen LogP contribution in [0, 0.1) is 0 Å². The van der Waals surface area contributed by atoms with Gasteiger partial charge in [-0.25, -0.2) is 0 Å². The number of halogens is 1. The van der Waals surface area contributed by atoms with E-state index in [9.17, 15) is 4.79 Å². The number of carbonyl (C=O) groups is 1. The van der Waals surface area contributed by atoms with Crippen molar-refractivity contribution in [2.45, 2.75) is 6.54 Å². The van der Waals surface area contributed by atoms with E-state index in [0.717, 1.165) is 34.7 Å². The van der Waals surface area contributed by atoms with Gasteiger partial charge in [0.2, 0.25) is 0 Å². The molecule has 4 rings (SSSR count). The minimum Gasteiger partial charge on any atom is -0.354 e. The molecular formula is C24H22ClN3O. The Morgan fingerprint density at radius 1 is 1.00 bits per heavy atom. The molecule has 1 aliphatic rings. The van der Waals surface area contributed by atoms with Crippen molar-refractivity contribution in [1.29, 1.82) is 0 Å². The monoisotopic (exact) mass is 403 g/mol. The number of carbonyl (C=O) groups excluding carboxylic acids is 1. The molecule has 1 heterocycles. The molecule has 2 N–H and O–H groups in total. The summed E-state index contributed by atoms with van der Waals surface area (Å²) in [5.41, 5.74) is 6.03. The Balaban J connectivity index is 1.83. The summed E-state index contributed by atoms with van der Waals surface area (Å²) in [4.78, 5) is 15.0. The molecule has 0 saturated heterocycles. The lowest BCUT2D eigenvalue weighted by molar-refractivity contribution is -0.110. The molecule has 0 aliphatic carbocycles. The van der Waals surface area contributed by atoms with Crippen LogP contribution in [0.5, 0.6) is 0 Å². The molecule has 0 atom stereocenters. The van der Waals surface area contributed by atoms with Crippen LogP contribution in [0.2, 0.25) is 5.02 Å². The van der Waals surface area contributed by atoms with Crippen molar-refractivity contribution in [3.05, 3.63) is 94.5 Å². The molecule has 29 heavy (non-hydrogen) atoms. The fourth-order valence-corrected chi connectivity index (χ4v) is 3.71. The number of anilines is 2. The second-order valence-corrected chi connectivity index (χ2v) is 7.76. The van der Waals surface area contributed by atoms with E-state index < -0.39 is 0 Å². The van der Waals surface area contributed by atoms with Gasteiger partial charge in [-0.3, -0.25) is 4.79 Å². The number of nitrogens with one attached hydrogen (secondary N) is 2. The van der Waals surface area contributed by atoms with Crippen LogP contribution in [-0.2, 0) is 11.3 Å². The summed E-state index contributed by atoms with van der Waals surface area (Å²) < 4.78 is 0. The van der Waals surface area contributed by atoms with E-state index in [2.05, 4.69) is 27.7 Å². The minimum atomic E-state index is -0.141. The Bertz CT molecular complexity index is 1090. The zero-order valence-electron chi connectivity index (χ0n) is 16.4. The minimum absolute atomic E-state index is 0.141. The molecule has 0 unspecified atom stereocenters. The van der Waals surface area contributed by atoms with Gasteiger partial charge in [0.15, 0.2) is 0 Å².